The molecule has 3 aromatic rings. The van der Waals surface area contributed by atoms with Gasteiger partial charge >= 0.3 is 0 Å². The van der Waals surface area contributed by atoms with Crippen LogP contribution in [0.25, 0.3) is 10.9 Å². The van der Waals surface area contributed by atoms with Crippen molar-refractivity contribution >= 4 is 22.5 Å². The van der Waals surface area contributed by atoms with Crippen molar-refractivity contribution in [1.82, 2.24) is 4.98 Å². The van der Waals surface area contributed by atoms with Crippen molar-refractivity contribution in [2.45, 2.75) is 44.9 Å². The molecule has 0 radical (unpaired) electrons. The van der Waals surface area contributed by atoms with Gasteiger partial charge in [0.1, 0.15) is 5.82 Å². The van der Waals surface area contributed by atoms with Gasteiger partial charge in [-0.05, 0) is 92.0 Å². The predicted molar refractivity (Wildman–Crippen MR) is 120 cm³/mol. The van der Waals surface area contributed by atoms with Crippen LogP contribution in [0.1, 0.15) is 56.1 Å². The first-order valence-corrected chi connectivity index (χ1v) is 10.9. The van der Waals surface area contributed by atoms with E-state index in [1.165, 1.54) is 17.7 Å². The van der Waals surface area contributed by atoms with Gasteiger partial charge in [-0.2, -0.15) is 5.26 Å². The summed E-state index contributed by atoms with van der Waals surface area (Å²) in [5.74, 6) is 0.525. The fraction of sp³-hybridized carbons (Fsp3) is 0.346. The molecule has 1 amide bonds. The first-order valence-electron chi connectivity index (χ1n) is 10.9. The first-order chi connectivity index (χ1) is 15.1. The number of nitrogens with one attached hydrogen (secondary N) is 1. The summed E-state index contributed by atoms with van der Waals surface area (Å²) in [5.41, 5.74) is 3.24. The maximum atomic E-state index is 13.6. The lowest BCUT2D eigenvalue weighted by Gasteiger charge is -2.33. The smallest absolute Gasteiger partial charge is 0.227 e. The summed E-state index contributed by atoms with van der Waals surface area (Å²) in [6, 6.07) is 15.9. The maximum Gasteiger partial charge on any atom is 0.227 e. The van der Waals surface area contributed by atoms with Gasteiger partial charge in [0.15, 0.2) is 0 Å². The summed E-state index contributed by atoms with van der Waals surface area (Å²) < 4.78 is 13.6. The number of halogens is 1. The molecule has 4 rings (SSSR count). The van der Waals surface area contributed by atoms with E-state index in [2.05, 4.69) is 29.4 Å². The summed E-state index contributed by atoms with van der Waals surface area (Å²) in [6.07, 6.45) is 6.59. The summed E-state index contributed by atoms with van der Waals surface area (Å²) in [5, 5.41) is 13.0. The third kappa shape index (κ3) is 4.59. The third-order valence-corrected chi connectivity index (χ3v) is 6.58. The Labute approximate surface area is 182 Å². The van der Waals surface area contributed by atoms with Crippen LogP contribution < -0.4 is 5.32 Å². The Morgan fingerprint density at radius 2 is 1.90 bits per heavy atom. The maximum absolute atomic E-state index is 13.6. The fourth-order valence-corrected chi connectivity index (χ4v) is 4.93. The van der Waals surface area contributed by atoms with Gasteiger partial charge in [0.25, 0.3) is 0 Å². The molecule has 1 N–H and O–H groups in total. The van der Waals surface area contributed by atoms with Gasteiger partial charge in [0.2, 0.25) is 5.91 Å². The van der Waals surface area contributed by atoms with Crippen molar-refractivity contribution in [3.8, 4) is 6.07 Å². The Hall–Kier alpha value is -3.26. The minimum atomic E-state index is -0.264. The van der Waals surface area contributed by atoms with Crippen LogP contribution in [0.3, 0.4) is 0 Å². The van der Waals surface area contributed by atoms with Crippen molar-refractivity contribution in [2.75, 3.05) is 5.32 Å². The molecule has 1 atom stereocenters. The Bertz CT molecular complexity index is 1110. The van der Waals surface area contributed by atoms with Gasteiger partial charge in [0, 0.05) is 29.3 Å². The normalized spacial score (nSPS) is 19.5. The second kappa shape index (κ2) is 9.26. The number of rotatable bonds is 5. The zero-order chi connectivity index (χ0) is 21.8. The number of anilines is 1. The van der Waals surface area contributed by atoms with Crippen LogP contribution in [0.4, 0.5) is 10.1 Å². The second-order valence-corrected chi connectivity index (χ2v) is 8.37. The van der Waals surface area contributed by atoms with Gasteiger partial charge < -0.3 is 5.32 Å². The molecule has 0 bridgehead atoms. The highest BCUT2D eigenvalue weighted by Crippen LogP contribution is 2.41. The third-order valence-electron chi connectivity index (χ3n) is 6.58. The molecule has 0 saturated heterocycles. The van der Waals surface area contributed by atoms with E-state index in [0.29, 0.717) is 22.9 Å². The van der Waals surface area contributed by atoms with Crippen molar-refractivity contribution in [1.29, 1.82) is 5.26 Å². The number of nitrogens with zero attached hydrogens (tertiary/aromatic N) is 2. The highest BCUT2D eigenvalue weighted by atomic mass is 19.1. The van der Waals surface area contributed by atoms with Gasteiger partial charge in [-0.15, -0.1) is 0 Å². The van der Waals surface area contributed by atoms with Crippen LogP contribution in [0.5, 0.6) is 0 Å². The monoisotopic (exact) mass is 415 g/mol. The van der Waals surface area contributed by atoms with Crippen molar-refractivity contribution < 1.29 is 9.18 Å². The minimum absolute atomic E-state index is 0.0279. The zero-order valence-corrected chi connectivity index (χ0v) is 17.6. The van der Waals surface area contributed by atoms with Crippen molar-refractivity contribution in [3.63, 3.8) is 0 Å². The van der Waals surface area contributed by atoms with Crippen molar-refractivity contribution in [3.05, 3.63) is 71.7 Å². The number of carbonyl (C=O) groups excluding carboxylic acids is 1. The van der Waals surface area contributed by atoms with Gasteiger partial charge in [-0.25, -0.2) is 4.39 Å². The molecule has 2 aromatic carbocycles. The van der Waals surface area contributed by atoms with E-state index in [9.17, 15) is 9.18 Å². The fourth-order valence-electron chi connectivity index (χ4n) is 4.93. The molecule has 31 heavy (non-hydrogen) atoms. The molecule has 5 heteroatoms. The number of aromatic nitrogens is 1. The van der Waals surface area contributed by atoms with Crippen LogP contribution in [0.15, 0.2) is 54.7 Å². The number of fused-ring (bicyclic) bond motifs is 1. The van der Waals surface area contributed by atoms with E-state index in [4.69, 9.17) is 5.26 Å². The van der Waals surface area contributed by atoms with Crippen LogP contribution in [0, 0.1) is 29.0 Å². The van der Waals surface area contributed by atoms with Gasteiger partial charge in [-0.3, -0.25) is 9.78 Å². The molecule has 158 valence electrons. The highest BCUT2D eigenvalue weighted by Gasteiger charge is 2.32. The Morgan fingerprint density at radius 1 is 1.16 bits per heavy atom. The molecule has 1 aliphatic carbocycles. The average molecular weight is 416 g/mol. The number of nitriles is 1. The minimum Gasteiger partial charge on any atom is -0.326 e. The molecule has 0 aliphatic heterocycles. The number of hydrogen-bond acceptors (Lipinski definition) is 3. The van der Waals surface area contributed by atoms with E-state index in [1.807, 2.05) is 6.07 Å². The lowest BCUT2D eigenvalue weighted by atomic mass is 9.72. The van der Waals surface area contributed by atoms with E-state index in [-0.39, 0.29) is 17.6 Å². The molecule has 0 spiro atoms. The topological polar surface area (TPSA) is 65.8 Å². The lowest BCUT2D eigenvalue weighted by Crippen LogP contribution is -2.31. The van der Waals surface area contributed by atoms with Gasteiger partial charge in [0.05, 0.1) is 17.1 Å². The summed E-state index contributed by atoms with van der Waals surface area (Å²) in [6.45, 7) is 2.07. The molecule has 1 fully saturated rings. The largest absolute Gasteiger partial charge is 0.326 e. The molecule has 0 unspecified atom stereocenters. The molecular weight excluding hydrogens is 389 g/mol. The van der Waals surface area contributed by atoms with E-state index in [1.54, 1.807) is 30.5 Å². The van der Waals surface area contributed by atoms with Crippen LogP contribution in [-0.4, -0.2) is 10.9 Å². The number of carbonyl (C=O) groups is 1. The summed E-state index contributed by atoms with van der Waals surface area (Å²) >= 11 is 0. The number of hydrogen-bond donors (Lipinski definition) is 1. The number of pyridine rings is 1. The van der Waals surface area contributed by atoms with Gasteiger partial charge in [-0.1, -0.05) is 6.92 Å². The van der Waals surface area contributed by atoms with Crippen LogP contribution >= 0.6 is 0 Å². The quantitative estimate of drug-likeness (QED) is 0.541. The molecule has 1 aromatic heterocycles. The summed E-state index contributed by atoms with van der Waals surface area (Å²) in [4.78, 5) is 17.3. The lowest BCUT2D eigenvalue weighted by molar-refractivity contribution is -0.122. The molecule has 4 nitrogen and oxygen atoms in total. The highest BCUT2D eigenvalue weighted by molar-refractivity contribution is 5.92. The van der Waals surface area contributed by atoms with E-state index in [0.717, 1.165) is 43.2 Å². The second-order valence-electron chi connectivity index (χ2n) is 8.37. The number of amides is 1. The molecule has 1 saturated carbocycles. The SMILES string of the molecule is CC[C@H](C(=O)Nc1ccc(C#N)cc1)[C@H]1CC[C@H](c2ccnc3cc(F)ccc32)CC1. The Balaban J connectivity index is 1.42. The Morgan fingerprint density at radius 3 is 2.58 bits per heavy atom. The average Bonchev–Trinajstić information content (AvgIpc) is 2.80. The molecule has 1 heterocycles. The van der Waals surface area contributed by atoms with Crippen LogP contribution in [-0.2, 0) is 4.79 Å². The van der Waals surface area contributed by atoms with E-state index < -0.39 is 0 Å². The first kappa shape index (κ1) is 21.0. The van der Waals surface area contributed by atoms with Crippen LogP contribution in [0.2, 0.25) is 0 Å². The number of benzene rings is 2. The summed E-state index contributed by atoms with van der Waals surface area (Å²) in [7, 11) is 0. The zero-order valence-electron chi connectivity index (χ0n) is 17.6. The van der Waals surface area contributed by atoms with Crippen molar-refractivity contribution in [2.24, 2.45) is 11.8 Å². The molecular formula is C26H26FN3O. The molecule has 1 aliphatic rings. The predicted octanol–water partition coefficient (Wildman–Crippen LogP) is 6.18. The Kier molecular flexibility index (Phi) is 6.27. The standard InChI is InChI=1S/C26H26FN3O/c1-2-22(26(31)30-21-10-3-17(16-28)4-11-21)18-5-7-19(8-6-18)23-13-14-29-25-15-20(27)9-12-24(23)25/h3-4,9-15,18-19,22H,2,5-8H2,1H3,(H,30,31)/t18-,19-,22-/m0/s1. The van der Waals surface area contributed by atoms with E-state index >= 15 is 0 Å².